The molecule has 1 fully saturated rings. The third kappa shape index (κ3) is 6.81. The molecule has 0 spiro atoms. The maximum absolute atomic E-state index is 12.6. The van der Waals surface area contributed by atoms with Crippen LogP contribution in [0.2, 0.25) is 0 Å². The van der Waals surface area contributed by atoms with Crippen molar-refractivity contribution in [2.75, 3.05) is 32.8 Å². The smallest absolute Gasteiger partial charge is 0.317 e. The molecule has 1 aromatic rings. The number of amides is 2. The van der Waals surface area contributed by atoms with Crippen LogP contribution in [0.15, 0.2) is 30.3 Å². The van der Waals surface area contributed by atoms with E-state index in [0.717, 1.165) is 18.4 Å². The highest BCUT2D eigenvalue weighted by molar-refractivity contribution is 5.88. The third-order valence-corrected chi connectivity index (χ3v) is 4.01. The van der Waals surface area contributed by atoms with Crippen molar-refractivity contribution in [1.29, 1.82) is 0 Å². The fourth-order valence-electron chi connectivity index (χ4n) is 2.73. The molecule has 1 saturated heterocycles. The van der Waals surface area contributed by atoms with Crippen molar-refractivity contribution in [3.63, 3.8) is 0 Å². The van der Waals surface area contributed by atoms with Gasteiger partial charge in [0.25, 0.3) is 0 Å². The van der Waals surface area contributed by atoms with Gasteiger partial charge in [-0.15, -0.1) is 0 Å². The lowest BCUT2D eigenvalue weighted by Crippen LogP contribution is -2.52. The number of ether oxygens (including phenoxy) is 1. The van der Waals surface area contributed by atoms with Gasteiger partial charge in [-0.05, 0) is 18.4 Å². The fraction of sp³-hybridized carbons (Fsp3) is 0.500. The van der Waals surface area contributed by atoms with Crippen LogP contribution in [0, 0.1) is 0 Å². The largest absolute Gasteiger partial charge is 0.480 e. The van der Waals surface area contributed by atoms with Crippen LogP contribution in [-0.4, -0.2) is 66.6 Å². The second-order valence-electron chi connectivity index (χ2n) is 6.15. The van der Waals surface area contributed by atoms with Crippen LogP contribution in [-0.2, 0) is 25.7 Å². The van der Waals surface area contributed by atoms with Gasteiger partial charge >= 0.3 is 5.97 Å². The number of carbonyl (C=O) groups is 3. The number of benzene rings is 1. The highest BCUT2D eigenvalue weighted by Crippen LogP contribution is 2.10. The number of aliphatic carboxylic acids is 1. The van der Waals surface area contributed by atoms with Crippen LogP contribution in [0.5, 0.6) is 0 Å². The Morgan fingerprint density at radius 2 is 1.81 bits per heavy atom. The zero-order valence-corrected chi connectivity index (χ0v) is 14.6. The third-order valence-electron chi connectivity index (χ3n) is 4.01. The average Bonchev–Trinajstić information content (AvgIpc) is 3.15. The van der Waals surface area contributed by atoms with E-state index in [1.54, 1.807) is 4.90 Å². The number of nitrogens with zero attached hydrogens (tertiary/aromatic N) is 1. The van der Waals surface area contributed by atoms with Crippen molar-refractivity contribution in [1.82, 2.24) is 15.5 Å². The molecule has 1 aliphatic heterocycles. The number of likely N-dealkylation sites (tertiary alicyclic amines) is 1. The lowest BCUT2D eigenvalue weighted by atomic mass is 10.2. The lowest BCUT2D eigenvalue weighted by molar-refractivity contribution is -0.138. The molecule has 3 N–H and O–H groups in total. The monoisotopic (exact) mass is 363 g/mol. The number of nitrogens with one attached hydrogen (secondary N) is 2. The van der Waals surface area contributed by atoms with Crippen LogP contribution < -0.4 is 10.6 Å². The van der Waals surface area contributed by atoms with Gasteiger partial charge in [0.05, 0.1) is 26.3 Å². The lowest BCUT2D eigenvalue weighted by Gasteiger charge is -2.24. The normalized spacial score (nSPS) is 14.8. The molecule has 0 unspecified atom stereocenters. The molecular formula is C18H25N3O5. The van der Waals surface area contributed by atoms with Gasteiger partial charge in [-0.3, -0.25) is 19.7 Å². The summed E-state index contributed by atoms with van der Waals surface area (Å²) in [6.07, 6.45) is 1.91. The van der Waals surface area contributed by atoms with Gasteiger partial charge in [0, 0.05) is 13.1 Å². The molecule has 1 aliphatic rings. The first-order chi connectivity index (χ1) is 12.6. The zero-order valence-electron chi connectivity index (χ0n) is 14.6. The van der Waals surface area contributed by atoms with E-state index in [4.69, 9.17) is 9.84 Å². The molecule has 1 aromatic carbocycles. The van der Waals surface area contributed by atoms with E-state index in [0.29, 0.717) is 19.7 Å². The summed E-state index contributed by atoms with van der Waals surface area (Å²) in [5.74, 6) is -1.65. The van der Waals surface area contributed by atoms with Crippen molar-refractivity contribution in [3.05, 3.63) is 35.9 Å². The molecule has 0 saturated carbocycles. The molecule has 0 radical (unpaired) electrons. The molecule has 1 atom stereocenters. The summed E-state index contributed by atoms with van der Waals surface area (Å²) in [5, 5.41) is 13.7. The van der Waals surface area contributed by atoms with Crippen LogP contribution in [0.3, 0.4) is 0 Å². The molecule has 0 bridgehead atoms. The van der Waals surface area contributed by atoms with Crippen molar-refractivity contribution in [2.45, 2.75) is 25.5 Å². The van der Waals surface area contributed by atoms with Crippen LogP contribution >= 0.6 is 0 Å². The number of carbonyl (C=O) groups excluding carboxylic acids is 2. The zero-order chi connectivity index (χ0) is 18.8. The standard InChI is InChI=1S/C18H25N3O5/c22-16(10-19-11-17(23)24)20-15(18(25)21-8-4-5-9-21)13-26-12-14-6-2-1-3-7-14/h1-3,6-7,15,19H,4-5,8-13H2,(H,20,22)(H,23,24)/t15-/m0/s1. The van der Waals surface area contributed by atoms with Crippen molar-refractivity contribution in [3.8, 4) is 0 Å². The molecular weight excluding hydrogens is 338 g/mol. The van der Waals surface area contributed by atoms with Crippen molar-refractivity contribution < 1.29 is 24.2 Å². The van der Waals surface area contributed by atoms with Gasteiger partial charge in [-0.2, -0.15) is 0 Å². The maximum atomic E-state index is 12.6. The molecule has 0 aliphatic carbocycles. The number of hydrogen-bond acceptors (Lipinski definition) is 5. The number of rotatable bonds is 10. The van der Waals surface area contributed by atoms with Gasteiger partial charge in [0.15, 0.2) is 0 Å². The SMILES string of the molecule is O=C(O)CNCC(=O)N[C@@H](COCc1ccccc1)C(=O)N1CCCC1. The van der Waals surface area contributed by atoms with E-state index in [1.165, 1.54) is 0 Å². The average molecular weight is 363 g/mol. The van der Waals surface area contributed by atoms with Gasteiger partial charge < -0.3 is 20.1 Å². The second-order valence-corrected chi connectivity index (χ2v) is 6.15. The Morgan fingerprint density at radius 1 is 1.12 bits per heavy atom. The number of hydrogen-bond donors (Lipinski definition) is 3. The van der Waals surface area contributed by atoms with Crippen LogP contribution in [0.4, 0.5) is 0 Å². The first-order valence-corrected chi connectivity index (χ1v) is 8.68. The quantitative estimate of drug-likeness (QED) is 0.539. The number of carboxylic acids is 1. The topological polar surface area (TPSA) is 108 Å². The molecule has 2 amide bonds. The molecule has 1 heterocycles. The van der Waals surface area contributed by atoms with E-state index in [1.807, 2.05) is 30.3 Å². The number of carboxylic acid groups (broad SMARTS) is 1. The van der Waals surface area contributed by atoms with E-state index in [2.05, 4.69) is 10.6 Å². The van der Waals surface area contributed by atoms with Gasteiger partial charge in [-0.25, -0.2) is 0 Å². The minimum Gasteiger partial charge on any atom is -0.480 e. The summed E-state index contributed by atoms with van der Waals surface area (Å²) >= 11 is 0. The molecule has 0 aromatic heterocycles. The summed E-state index contributed by atoms with van der Waals surface area (Å²) in [7, 11) is 0. The summed E-state index contributed by atoms with van der Waals surface area (Å²) < 4.78 is 5.63. The Morgan fingerprint density at radius 3 is 2.46 bits per heavy atom. The second kappa shape index (κ2) is 10.5. The Kier molecular flexibility index (Phi) is 8.04. The van der Waals surface area contributed by atoms with E-state index in [9.17, 15) is 14.4 Å². The summed E-state index contributed by atoms with van der Waals surface area (Å²) in [5.41, 5.74) is 0.981. The summed E-state index contributed by atoms with van der Waals surface area (Å²) in [4.78, 5) is 36.8. The van der Waals surface area contributed by atoms with E-state index >= 15 is 0 Å². The van der Waals surface area contributed by atoms with Crippen LogP contribution in [0.1, 0.15) is 18.4 Å². The van der Waals surface area contributed by atoms with Gasteiger partial charge in [0.1, 0.15) is 6.04 Å². The predicted molar refractivity (Wildman–Crippen MR) is 94.3 cm³/mol. The summed E-state index contributed by atoms with van der Waals surface area (Å²) in [6.45, 7) is 1.28. The Labute approximate surface area is 152 Å². The Bertz CT molecular complexity index is 602. The minimum absolute atomic E-state index is 0.0644. The first kappa shape index (κ1) is 19.9. The molecule has 2 rings (SSSR count). The molecule has 8 nitrogen and oxygen atoms in total. The fourth-order valence-corrected chi connectivity index (χ4v) is 2.73. The van der Waals surface area contributed by atoms with Crippen molar-refractivity contribution in [2.24, 2.45) is 0 Å². The maximum Gasteiger partial charge on any atom is 0.317 e. The van der Waals surface area contributed by atoms with E-state index in [-0.39, 0.29) is 25.6 Å². The molecule has 8 heteroatoms. The molecule has 26 heavy (non-hydrogen) atoms. The van der Waals surface area contributed by atoms with Gasteiger partial charge in [-0.1, -0.05) is 30.3 Å². The van der Waals surface area contributed by atoms with E-state index < -0.39 is 17.9 Å². The molecule has 142 valence electrons. The van der Waals surface area contributed by atoms with Gasteiger partial charge in [0.2, 0.25) is 11.8 Å². The predicted octanol–water partition coefficient (Wildman–Crippen LogP) is -0.0154. The van der Waals surface area contributed by atoms with Crippen LogP contribution in [0.25, 0.3) is 0 Å². The first-order valence-electron chi connectivity index (χ1n) is 8.68. The highest BCUT2D eigenvalue weighted by Gasteiger charge is 2.28. The Balaban J connectivity index is 1.86. The highest BCUT2D eigenvalue weighted by atomic mass is 16.5. The van der Waals surface area contributed by atoms with Crippen molar-refractivity contribution >= 4 is 17.8 Å². The minimum atomic E-state index is -1.05. The Hall–Kier alpha value is -2.45. The summed E-state index contributed by atoms with van der Waals surface area (Å²) in [6, 6.07) is 8.78.